The molecule has 2 nitrogen and oxygen atoms in total. The first-order valence-electron chi connectivity index (χ1n) is 7.45. The summed E-state index contributed by atoms with van der Waals surface area (Å²) in [4.78, 5) is 4.82. The molecular weight excluding hydrogens is 252 g/mol. The van der Waals surface area contributed by atoms with Crippen molar-refractivity contribution in [1.29, 1.82) is 0 Å². The highest BCUT2D eigenvalue weighted by molar-refractivity contribution is 7.09. The van der Waals surface area contributed by atoms with Gasteiger partial charge in [-0.15, -0.1) is 11.3 Å². The van der Waals surface area contributed by atoms with Crippen LogP contribution in [0.2, 0.25) is 0 Å². The number of thiazole rings is 1. The standard InChI is InChI=1S/C16H28N2S/c1-15(2,3)13-11-19-14(18-13)10-16(4,5)8-9-17-12-6-7-12/h11-12,17H,6-10H2,1-5H3. The van der Waals surface area contributed by atoms with Crippen LogP contribution in [0.15, 0.2) is 5.38 Å². The normalized spacial score (nSPS) is 16.9. The largest absolute Gasteiger partial charge is 0.314 e. The van der Waals surface area contributed by atoms with Crippen molar-refractivity contribution in [3.63, 3.8) is 0 Å². The third-order valence-corrected chi connectivity index (χ3v) is 4.61. The van der Waals surface area contributed by atoms with Gasteiger partial charge in [0.05, 0.1) is 10.7 Å². The predicted molar refractivity (Wildman–Crippen MR) is 83.9 cm³/mol. The minimum absolute atomic E-state index is 0.173. The van der Waals surface area contributed by atoms with E-state index >= 15 is 0 Å². The van der Waals surface area contributed by atoms with Gasteiger partial charge in [0.1, 0.15) is 0 Å². The summed E-state index contributed by atoms with van der Waals surface area (Å²) in [5.41, 5.74) is 1.75. The molecule has 0 bridgehead atoms. The van der Waals surface area contributed by atoms with Crippen LogP contribution in [-0.2, 0) is 11.8 Å². The molecule has 2 rings (SSSR count). The molecule has 0 amide bonds. The van der Waals surface area contributed by atoms with E-state index in [4.69, 9.17) is 4.98 Å². The Morgan fingerprint density at radius 3 is 2.47 bits per heavy atom. The average Bonchev–Trinajstić information content (AvgIpc) is 2.94. The molecule has 1 aliphatic carbocycles. The molecule has 1 aromatic rings. The summed E-state index contributed by atoms with van der Waals surface area (Å²) in [6.07, 6.45) is 5.08. The van der Waals surface area contributed by atoms with Crippen LogP contribution in [0.4, 0.5) is 0 Å². The van der Waals surface area contributed by atoms with Crippen LogP contribution >= 0.6 is 11.3 Å². The molecule has 1 aromatic heterocycles. The number of hydrogen-bond acceptors (Lipinski definition) is 3. The molecule has 0 spiro atoms. The van der Waals surface area contributed by atoms with E-state index in [1.165, 1.54) is 30.0 Å². The second kappa shape index (κ2) is 5.53. The fourth-order valence-electron chi connectivity index (χ4n) is 2.14. The molecular formula is C16H28N2S. The SMILES string of the molecule is CC(C)(CCNC1CC1)Cc1nc(C(C)(C)C)cs1. The van der Waals surface area contributed by atoms with Crippen molar-refractivity contribution in [2.45, 2.75) is 71.8 Å². The van der Waals surface area contributed by atoms with Crippen LogP contribution in [-0.4, -0.2) is 17.6 Å². The van der Waals surface area contributed by atoms with Gasteiger partial charge in [0, 0.05) is 23.3 Å². The van der Waals surface area contributed by atoms with Crippen molar-refractivity contribution in [3.8, 4) is 0 Å². The number of aromatic nitrogens is 1. The molecule has 0 radical (unpaired) electrons. The molecule has 0 atom stereocenters. The molecule has 3 heteroatoms. The monoisotopic (exact) mass is 280 g/mol. The maximum atomic E-state index is 4.82. The summed E-state index contributed by atoms with van der Waals surface area (Å²) in [6.45, 7) is 12.6. The molecule has 0 aromatic carbocycles. The van der Waals surface area contributed by atoms with Crippen LogP contribution in [0.3, 0.4) is 0 Å². The highest BCUT2D eigenvalue weighted by Crippen LogP contribution is 2.30. The summed E-state index contributed by atoms with van der Waals surface area (Å²) in [5, 5.41) is 7.13. The van der Waals surface area contributed by atoms with Crippen molar-refractivity contribution in [3.05, 3.63) is 16.1 Å². The lowest BCUT2D eigenvalue weighted by molar-refractivity contribution is 0.324. The quantitative estimate of drug-likeness (QED) is 0.846. The van der Waals surface area contributed by atoms with Gasteiger partial charge < -0.3 is 5.32 Å². The van der Waals surface area contributed by atoms with E-state index in [1.807, 2.05) is 11.3 Å². The number of nitrogens with one attached hydrogen (secondary N) is 1. The van der Waals surface area contributed by atoms with E-state index in [1.54, 1.807) is 0 Å². The molecule has 1 N–H and O–H groups in total. The summed E-state index contributed by atoms with van der Waals surface area (Å²) < 4.78 is 0. The third-order valence-electron chi connectivity index (χ3n) is 3.76. The fourth-order valence-corrected chi connectivity index (χ4v) is 3.42. The number of hydrogen-bond donors (Lipinski definition) is 1. The van der Waals surface area contributed by atoms with Crippen LogP contribution < -0.4 is 5.32 Å². The van der Waals surface area contributed by atoms with E-state index in [2.05, 4.69) is 45.3 Å². The number of rotatable bonds is 6. The Labute approximate surface area is 122 Å². The van der Waals surface area contributed by atoms with Crippen LogP contribution in [0.5, 0.6) is 0 Å². The Balaban J connectivity index is 1.85. The molecule has 0 saturated heterocycles. The number of nitrogens with zero attached hydrogens (tertiary/aromatic N) is 1. The van der Waals surface area contributed by atoms with E-state index in [-0.39, 0.29) is 5.41 Å². The van der Waals surface area contributed by atoms with E-state index in [0.717, 1.165) is 19.0 Å². The maximum Gasteiger partial charge on any atom is 0.0933 e. The lowest BCUT2D eigenvalue weighted by Gasteiger charge is -2.23. The van der Waals surface area contributed by atoms with Gasteiger partial charge in [-0.3, -0.25) is 0 Å². The van der Waals surface area contributed by atoms with Crippen LogP contribution in [0.25, 0.3) is 0 Å². The Kier molecular flexibility index (Phi) is 4.36. The minimum Gasteiger partial charge on any atom is -0.314 e. The molecule has 1 heterocycles. The van der Waals surface area contributed by atoms with E-state index in [0.29, 0.717) is 5.41 Å². The van der Waals surface area contributed by atoms with Gasteiger partial charge in [0.2, 0.25) is 0 Å². The first kappa shape index (κ1) is 15.0. The molecule has 0 unspecified atom stereocenters. The Morgan fingerprint density at radius 1 is 1.26 bits per heavy atom. The highest BCUT2D eigenvalue weighted by atomic mass is 32.1. The van der Waals surface area contributed by atoms with Gasteiger partial charge in [-0.1, -0.05) is 34.6 Å². The maximum absolute atomic E-state index is 4.82. The topological polar surface area (TPSA) is 24.9 Å². The van der Waals surface area contributed by atoms with Gasteiger partial charge >= 0.3 is 0 Å². The van der Waals surface area contributed by atoms with Crippen molar-refractivity contribution >= 4 is 11.3 Å². The van der Waals surface area contributed by atoms with Crippen molar-refractivity contribution in [1.82, 2.24) is 10.3 Å². The lowest BCUT2D eigenvalue weighted by Crippen LogP contribution is -2.25. The summed E-state index contributed by atoms with van der Waals surface area (Å²) >= 11 is 1.82. The molecule has 1 aliphatic rings. The van der Waals surface area contributed by atoms with Crippen molar-refractivity contribution < 1.29 is 0 Å². The minimum atomic E-state index is 0.173. The first-order valence-corrected chi connectivity index (χ1v) is 8.32. The summed E-state index contributed by atoms with van der Waals surface area (Å²) in [5.74, 6) is 0. The Bertz CT molecular complexity index is 411. The van der Waals surface area contributed by atoms with Crippen LogP contribution in [0.1, 0.15) is 64.6 Å². The fraction of sp³-hybridized carbons (Fsp3) is 0.812. The Morgan fingerprint density at radius 2 is 1.95 bits per heavy atom. The van der Waals surface area contributed by atoms with Crippen molar-refractivity contribution in [2.24, 2.45) is 5.41 Å². The van der Waals surface area contributed by atoms with E-state index < -0.39 is 0 Å². The van der Waals surface area contributed by atoms with E-state index in [9.17, 15) is 0 Å². The van der Waals surface area contributed by atoms with Gasteiger partial charge in [-0.2, -0.15) is 0 Å². The van der Waals surface area contributed by atoms with Gasteiger partial charge in [0.15, 0.2) is 0 Å². The zero-order chi connectivity index (χ0) is 14.1. The molecule has 1 saturated carbocycles. The molecule has 1 fully saturated rings. The zero-order valence-electron chi connectivity index (χ0n) is 13.0. The third kappa shape index (κ3) is 4.88. The second-order valence-corrected chi connectivity index (χ2v) is 8.64. The second-order valence-electron chi connectivity index (χ2n) is 7.70. The smallest absolute Gasteiger partial charge is 0.0933 e. The highest BCUT2D eigenvalue weighted by Gasteiger charge is 2.25. The summed E-state index contributed by atoms with van der Waals surface area (Å²) in [7, 11) is 0. The van der Waals surface area contributed by atoms with Gasteiger partial charge in [-0.25, -0.2) is 4.98 Å². The average molecular weight is 280 g/mol. The predicted octanol–water partition coefficient (Wildman–Crippen LogP) is 4.15. The van der Waals surface area contributed by atoms with Gasteiger partial charge in [-0.05, 0) is 31.2 Å². The molecule has 0 aliphatic heterocycles. The first-order chi connectivity index (χ1) is 8.76. The van der Waals surface area contributed by atoms with Crippen molar-refractivity contribution in [2.75, 3.05) is 6.54 Å². The molecule has 108 valence electrons. The van der Waals surface area contributed by atoms with Crippen LogP contribution in [0, 0.1) is 5.41 Å². The Hall–Kier alpha value is -0.410. The van der Waals surface area contributed by atoms with Gasteiger partial charge in [0.25, 0.3) is 0 Å². The summed E-state index contributed by atoms with van der Waals surface area (Å²) in [6, 6.07) is 0.822. The lowest BCUT2D eigenvalue weighted by atomic mass is 9.86. The molecule has 19 heavy (non-hydrogen) atoms. The zero-order valence-corrected chi connectivity index (χ0v) is 13.9.